The fraction of sp³-hybridized carbons (Fsp3) is 0.600. The van der Waals surface area contributed by atoms with Gasteiger partial charge in [-0.1, -0.05) is 39.8 Å². The molecule has 0 aliphatic rings. The third kappa shape index (κ3) is 4.81. The number of nitrogens with zero attached hydrogens (tertiary/aromatic N) is 2. The van der Waals surface area contributed by atoms with Crippen LogP contribution in [0, 0.1) is 22.0 Å². The second-order valence-electron chi connectivity index (χ2n) is 6.09. The number of rotatable bonds is 7. The number of hydrogen-bond donors (Lipinski definition) is 1. The van der Waals surface area contributed by atoms with Crippen LogP contribution in [0.4, 0.5) is 11.4 Å². The van der Waals surface area contributed by atoms with Crippen LogP contribution in [-0.2, 0) is 6.54 Å². The van der Waals surface area contributed by atoms with Crippen molar-refractivity contribution < 1.29 is 4.92 Å². The molecule has 0 amide bonds. The highest BCUT2D eigenvalue weighted by Crippen LogP contribution is 2.26. The SMILES string of the molecule is CC(C)CN(Cc1cccc([N+](=O)[O-])c1N)CC(C)C. The third-order valence-corrected chi connectivity index (χ3v) is 3.01. The summed E-state index contributed by atoms with van der Waals surface area (Å²) >= 11 is 0. The van der Waals surface area contributed by atoms with Gasteiger partial charge in [-0.2, -0.15) is 0 Å². The molecule has 0 spiro atoms. The van der Waals surface area contributed by atoms with Crippen molar-refractivity contribution >= 4 is 11.4 Å². The Morgan fingerprint density at radius 3 is 2.20 bits per heavy atom. The highest BCUT2D eigenvalue weighted by molar-refractivity contribution is 5.62. The Kier molecular flexibility index (Phi) is 5.95. The fourth-order valence-electron chi connectivity index (χ4n) is 2.37. The van der Waals surface area contributed by atoms with Crippen LogP contribution in [0.1, 0.15) is 33.3 Å². The van der Waals surface area contributed by atoms with E-state index in [1.54, 1.807) is 6.07 Å². The number of nitro groups is 1. The molecule has 2 N–H and O–H groups in total. The van der Waals surface area contributed by atoms with Crippen LogP contribution in [-0.4, -0.2) is 22.9 Å². The molecule has 0 aliphatic heterocycles. The second-order valence-corrected chi connectivity index (χ2v) is 6.09. The first-order chi connectivity index (χ1) is 9.31. The summed E-state index contributed by atoms with van der Waals surface area (Å²) < 4.78 is 0. The lowest BCUT2D eigenvalue weighted by Gasteiger charge is -2.26. The number of hydrogen-bond acceptors (Lipinski definition) is 4. The molecule has 20 heavy (non-hydrogen) atoms. The molecular weight excluding hydrogens is 254 g/mol. The van der Waals surface area contributed by atoms with E-state index in [9.17, 15) is 10.1 Å². The molecule has 1 rings (SSSR count). The van der Waals surface area contributed by atoms with Crippen LogP contribution < -0.4 is 5.73 Å². The number of para-hydroxylation sites is 1. The lowest BCUT2D eigenvalue weighted by Crippen LogP contribution is -2.31. The molecule has 0 bridgehead atoms. The molecule has 0 aromatic heterocycles. The number of nitrogen functional groups attached to an aromatic ring is 1. The maximum absolute atomic E-state index is 10.9. The average Bonchev–Trinajstić information content (AvgIpc) is 2.29. The summed E-state index contributed by atoms with van der Waals surface area (Å²) in [5.74, 6) is 1.10. The first-order valence-electron chi connectivity index (χ1n) is 7.05. The molecule has 5 heteroatoms. The van der Waals surface area contributed by atoms with E-state index in [-0.39, 0.29) is 11.4 Å². The summed E-state index contributed by atoms with van der Waals surface area (Å²) in [5.41, 5.74) is 7.04. The normalized spacial score (nSPS) is 11.6. The van der Waals surface area contributed by atoms with Crippen LogP contribution in [0.25, 0.3) is 0 Å². The van der Waals surface area contributed by atoms with Crippen molar-refractivity contribution in [3.8, 4) is 0 Å². The van der Waals surface area contributed by atoms with Crippen molar-refractivity contribution in [2.75, 3.05) is 18.8 Å². The van der Waals surface area contributed by atoms with Gasteiger partial charge in [0, 0.05) is 25.7 Å². The molecule has 0 aliphatic carbocycles. The van der Waals surface area contributed by atoms with Crippen molar-refractivity contribution in [3.63, 3.8) is 0 Å². The van der Waals surface area contributed by atoms with Gasteiger partial charge in [0.25, 0.3) is 5.69 Å². The summed E-state index contributed by atoms with van der Waals surface area (Å²) in [7, 11) is 0. The molecule has 0 radical (unpaired) electrons. The zero-order valence-electron chi connectivity index (χ0n) is 12.8. The van der Waals surface area contributed by atoms with Gasteiger partial charge in [0.1, 0.15) is 5.69 Å². The van der Waals surface area contributed by atoms with Gasteiger partial charge in [0.2, 0.25) is 0 Å². The fourth-order valence-corrected chi connectivity index (χ4v) is 2.37. The lowest BCUT2D eigenvalue weighted by molar-refractivity contribution is -0.384. The number of nitro benzene ring substituents is 1. The Labute approximate surface area is 120 Å². The van der Waals surface area contributed by atoms with Gasteiger partial charge in [-0.05, 0) is 17.4 Å². The minimum atomic E-state index is -0.423. The number of anilines is 1. The van der Waals surface area contributed by atoms with Crippen molar-refractivity contribution in [1.82, 2.24) is 4.90 Å². The Hall–Kier alpha value is -1.62. The number of benzene rings is 1. The van der Waals surface area contributed by atoms with Gasteiger partial charge >= 0.3 is 0 Å². The zero-order valence-corrected chi connectivity index (χ0v) is 12.8. The first kappa shape index (κ1) is 16.4. The van der Waals surface area contributed by atoms with Crippen LogP contribution in [0.15, 0.2) is 18.2 Å². The van der Waals surface area contributed by atoms with Crippen LogP contribution in [0.2, 0.25) is 0 Å². The van der Waals surface area contributed by atoms with Gasteiger partial charge in [-0.15, -0.1) is 0 Å². The Morgan fingerprint density at radius 2 is 1.75 bits per heavy atom. The smallest absolute Gasteiger partial charge is 0.292 e. The van der Waals surface area contributed by atoms with E-state index in [4.69, 9.17) is 5.73 Å². The zero-order chi connectivity index (χ0) is 15.3. The molecule has 1 aromatic rings. The van der Waals surface area contributed by atoms with Gasteiger partial charge in [0.05, 0.1) is 4.92 Å². The van der Waals surface area contributed by atoms with Crippen molar-refractivity contribution in [2.45, 2.75) is 34.2 Å². The molecule has 0 saturated heterocycles. The molecule has 0 saturated carbocycles. The minimum Gasteiger partial charge on any atom is -0.393 e. The molecule has 0 heterocycles. The number of nitrogens with two attached hydrogens (primary N) is 1. The molecule has 5 nitrogen and oxygen atoms in total. The quantitative estimate of drug-likeness (QED) is 0.472. The summed E-state index contributed by atoms with van der Waals surface area (Å²) in [6.45, 7) is 11.3. The molecule has 1 aromatic carbocycles. The van der Waals surface area contributed by atoms with E-state index < -0.39 is 4.92 Å². The van der Waals surface area contributed by atoms with Crippen molar-refractivity contribution in [1.29, 1.82) is 0 Å². The van der Waals surface area contributed by atoms with Gasteiger partial charge in [0.15, 0.2) is 0 Å². The topological polar surface area (TPSA) is 72.4 Å². The summed E-state index contributed by atoms with van der Waals surface area (Å²) in [6.07, 6.45) is 0. The highest BCUT2D eigenvalue weighted by atomic mass is 16.6. The largest absolute Gasteiger partial charge is 0.393 e. The second kappa shape index (κ2) is 7.24. The summed E-state index contributed by atoms with van der Waals surface area (Å²) in [4.78, 5) is 12.8. The Morgan fingerprint density at radius 1 is 1.20 bits per heavy atom. The van der Waals surface area contributed by atoms with Crippen molar-refractivity contribution in [2.24, 2.45) is 11.8 Å². The van der Waals surface area contributed by atoms with Gasteiger partial charge < -0.3 is 5.73 Å². The predicted octanol–water partition coefficient (Wildman–Crippen LogP) is 3.29. The molecule has 0 unspecified atom stereocenters. The van der Waals surface area contributed by atoms with E-state index in [0.717, 1.165) is 18.7 Å². The molecule has 112 valence electrons. The van der Waals surface area contributed by atoms with Crippen LogP contribution in [0.5, 0.6) is 0 Å². The van der Waals surface area contributed by atoms with Gasteiger partial charge in [-0.3, -0.25) is 15.0 Å². The average molecular weight is 279 g/mol. The predicted molar refractivity (Wildman–Crippen MR) is 82.5 cm³/mol. The van der Waals surface area contributed by atoms with E-state index in [2.05, 4.69) is 32.6 Å². The van der Waals surface area contributed by atoms with E-state index in [1.807, 2.05) is 6.07 Å². The maximum Gasteiger partial charge on any atom is 0.292 e. The summed E-state index contributed by atoms with van der Waals surface area (Å²) in [5, 5.41) is 10.9. The standard InChI is InChI=1S/C15H25N3O2/c1-11(2)8-17(9-12(3)4)10-13-6-5-7-14(15(13)16)18(19)20/h5-7,11-12H,8-10,16H2,1-4H3. The molecule has 0 fully saturated rings. The third-order valence-electron chi connectivity index (χ3n) is 3.01. The monoisotopic (exact) mass is 279 g/mol. The van der Waals surface area contributed by atoms with E-state index in [1.165, 1.54) is 6.07 Å². The van der Waals surface area contributed by atoms with Crippen LogP contribution >= 0.6 is 0 Å². The Balaban J connectivity index is 2.92. The maximum atomic E-state index is 10.9. The van der Waals surface area contributed by atoms with Crippen molar-refractivity contribution in [3.05, 3.63) is 33.9 Å². The molecular formula is C15H25N3O2. The van der Waals surface area contributed by atoms with Gasteiger partial charge in [-0.25, -0.2) is 0 Å². The van der Waals surface area contributed by atoms with E-state index >= 15 is 0 Å². The highest BCUT2D eigenvalue weighted by Gasteiger charge is 2.17. The van der Waals surface area contributed by atoms with E-state index in [0.29, 0.717) is 18.4 Å². The first-order valence-corrected chi connectivity index (χ1v) is 7.05. The van der Waals surface area contributed by atoms with Crippen LogP contribution in [0.3, 0.4) is 0 Å². The molecule has 0 atom stereocenters. The summed E-state index contributed by atoms with van der Waals surface area (Å²) in [6, 6.07) is 5.02. The Bertz CT molecular complexity index is 448. The minimum absolute atomic E-state index is 0.00320. The lowest BCUT2D eigenvalue weighted by atomic mass is 10.1.